The summed E-state index contributed by atoms with van der Waals surface area (Å²) in [5, 5.41) is 11.4. The summed E-state index contributed by atoms with van der Waals surface area (Å²) in [5.74, 6) is -1.37. The maximum atomic E-state index is 11.5. The van der Waals surface area contributed by atoms with Crippen LogP contribution < -0.4 is 11.1 Å². The SMILES string of the molecule is NC(=O)C(O)CNC(=O)c1cccc(Br)n1. The van der Waals surface area contributed by atoms with Crippen LogP contribution in [0, 0.1) is 0 Å². The van der Waals surface area contributed by atoms with E-state index in [2.05, 4.69) is 26.2 Å². The Morgan fingerprint density at radius 2 is 2.25 bits per heavy atom. The topological polar surface area (TPSA) is 105 Å². The number of nitrogens with two attached hydrogens (primary N) is 1. The lowest BCUT2D eigenvalue weighted by molar-refractivity contribution is -0.125. The van der Waals surface area contributed by atoms with Gasteiger partial charge in [-0.15, -0.1) is 0 Å². The van der Waals surface area contributed by atoms with Gasteiger partial charge in [-0.25, -0.2) is 4.98 Å². The predicted octanol–water partition coefficient (Wildman–Crippen LogP) is -0.580. The Morgan fingerprint density at radius 1 is 1.56 bits per heavy atom. The molecule has 1 aromatic heterocycles. The van der Waals surface area contributed by atoms with Crippen molar-refractivity contribution in [1.82, 2.24) is 10.3 Å². The summed E-state index contributed by atoms with van der Waals surface area (Å²) in [6.45, 7) is -0.234. The van der Waals surface area contributed by atoms with E-state index >= 15 is 0 Å². The van der Waals surface area contributed by atoms with Gasteiger partial charge in [-0.2, -0.15) is 0 Å². The molecule has 86 valence electrons. The molecule has 0 fully saturated rings. The largest absolute Gasteiger partial charge is 0.381 e. The van der Waals surface area contributed by atoms with E-state index in [-0.39, 0.29) is 12.2 Å². The maximum Gasteiger partial charge on any atom is 0.270 e. The monoisotopic (exact) mass is 287 g/mol. The summed E-state index contributed by atoms with van der Waals surface area (Å²) in [4.78, 5) is 25.9. The molecule has 4 N–H and O–H groups in total. The lowest BCUT2D eigenvalue weighted by Gasteiger charge is -2.07. The highest BCUT2D eigenvalue weighted by Gasteiger charge is 2.13. The number of pyridine rings is 1. The molecule has 1 rings (SSSR count). The third-order valence-corrected chi connectivity index (χ3v) is 2.17. The molecule has 0 aliphatic carbocycles. The molecule has 1 unspecified atom stereocenters. The number of hydrogen-bond acceptors (Lipinski definition) is 4. The first-order valence-corrected chi connectivity index (χ1v) is 5.18. The van der Waals surface area contributed by atoms with Crippen molar-refractivity contribution in [2.45, 2.75) is 6.10 Å². The van der Waals surface area contributed by atoms with E-state index in [9.17, 15) is 9.59 Å². The van der Waals surface area contributed by atoms with Crippen molar-refractivity contribution in [3.8, 4) is 0 Å². The fourth-order valence-electron chi connectivity index (χ4n) is 0.915. The Balaban J connectivity index is 2.56. The smallest absolute Gasteiger partial charge is 0.270 e. The third-order valence-electron chi connectivity index (χ3n) is 1.73. The molecule has 6 nitrogen and oxygen atoms in total. The molecular weight excluding hydrogens is 278 g/mol. The number of carbonyl (C=O) groups excluding carboxylic acids is 2. The van der Waals surface area contributed by atoms with Crippen LogP contribution >= 0.6 is 15.9 Å². The summed E-state index contributed by atoms with van der Waals surface area (Å²) in [6, 6.07) is 4.84. The zero-order valence-corrected chi connectivity index (χ0v) is 9.77. The first kappa shape index (κ1) is 12.6. The van der Waals surface area contributed by atoms with Gasteiger partial charge >= 0.3 is 0 Å². The van der Waals surface area contributed by atoms with Gasteiger partial charge in [0, 0.05) is 0 Å². The van der Waals surface area contributed by atoms with E-state index in [1.165, 1.54) is 6.07 Å². The van der Waals surface area contributed by atoms with Crippen molar-refractivity contribution < 1.29 is 14.7 Å². The highest BCUT2D eigenvalue weighted by molar-refractivity contribution is 9.10. The summed E-state index contributed by atoms with van der Waals surface area (Å²) in [6.07, 6.45) is -1.39. The molecule has 1 atom stereocenters. The number of nitrogens with one attached hydrogen (secondary N) is 1. The molecule has 0 aromatic carbocycles. The molecule has 0 spiro atoms. The van der Waals surface area contributed by atoms with E-state index in [0.717, 1.165) is 0 Å². The Bertz CT molecular complexity index is 411. The number of nitrogens with zero attached hydrogens (tertiary/aromatic N) is 1. The van der Waals surface area contributed by atoms with Gasteiger partial charge in [0.25, 0.3) is 5.91 Å². The number of aromatic nitrogens is 1. The number of aliphatic hydroxyl groups is 1. The van der Waals surface area contributed by atoms with Crippen LogP contribution in [0.25, 0.3) is 0 Å². The van der Waals surface area contributed by atoms with Crippen LogP contribution in [0.1, 0.15) is 10.5 Å². The van der Waals surface area contributed by atoms with Gasteiger partial charge in [-0.05, 0) is 28.1 Å². The van der Waals surface area contributed by atoms with Crippen molar-refractivity contribution in [3.05, 3.63) is 28.5 Å². The van der Waals surface area contributed by atoms with Crippen LogP contribution in [-0.2, 0) is 4.79 Å². The van der Waals surface area contributed by atoms with Crippen LogP contribution in [0.5, 0.6) is 0 Å². The Hall–Kier alpha value is -1.47. The zero-order valence-electron chi connectivity index (χ0n) is 8.18. The summed E-state index contributed by atoms with van der Waals surface area (Å²) in [5.41, 5.74) is 5.01. The predicted molar refractivity (Wildman–Crippen MR) is 59.5 cm³/mol. The fraction of sp³-hybridized carbons (Fsp3) is 0.222. The molecule has 0 saturated carbocycles. The molecule has 16 heavy (non-hydrogen) atoms. The highest BCUT2D eigenvalue weighted by atomic mass is 79.9. The molecule has 0 radical (unpaired) electrons. The number of amides is 2. The normalized spacial score (nSPS) is 11.9. The molecule has 1 heterocycles. The average Bonchev–Trinajstić information content (AvgIpc) is 2.25. The van der Waals surface area contributed by atoms with E-state index in [1.807, 2.05) is 0 Å². The quantitative estimate of drug-likeness (QED) is 0.644. The lowest BCUT2D eigenvalue weighted by Crippen LogP contribution is -2.40. The lowest BCUT2D eigenvalue weighted by atomic mass is 10.3. The Morgan fingerprint density at radius 3 is 2.81 bits per heavy atom. The first-order chi connectivity index (χ1) is 7.50. The fourth-order valence-corrected chi connectivity index (χ4v) is 1.26. The number of halogens is 1. The molecule has 2 amide bonds. The summed E-state index contributed by atoms with van der Waals surface area (Å²) >= 11 is 3.12. The Kier molecular flexibility index (Phi) is 4.39. The molecule has 0 aliphatic heterocycles. The molecular formula is C9H10BrN3O3. The van der Waals surface area contributed by atoms with Crippen molar-refractivity contribution in [1.29, 1.82) is 0 Å². The minimum absolute atomic E-state index is 0.186. The highest BCUT2D eigenvalue weighted by Crippen LogP contribution is 2.05. The van der Waals surface area contributed by atoms with E-state index in [1.54, 1.807) is 12.1 Å². The zero-order chi connectivity index (χ0) is 12.1. The van der Waals surface area contributed by atoms with Gasteiger partial charge in [0.05, 0.1) is 6.54 Å². The minimum atomic E-state index is -1.39. The second kappa shape index (κ2) is 5.57. The molecule has 0 saturated heterocycles. The number of primary amides is 1. The molecule has 0 aliphatic rings. The van der Waals surface area contributed by atoms with Crippen molar-refractivity contribution in [2.75, 3.05) is 6.54 Å². The number of rotatable bonds is 4. The van der Waals surface area contributed by atoms with Gasteiger partial charge < -0.3 is 16.2 Å². The number of hydrogen-bond donors (Lipinski definition) is 3. The van der Waals surface area contributed by atoms with Gasteiger partial charge in [0.2, 0.25) is 5.91 Å². The van der Waals surface area contributed by atoms with Gasteiger partial charge in [-0.1, -0.05) is 6.07 Å². The van der Waals surface area contributed by atoms with E-state index in [0.29, 0.717) is 4.60 Å². The van der Waals surface area contributed by atoms with E-state index < -0.39 is 17.9 Å². The summed E-state index contributed by atoms with van der Waals surface area (Å²) in [7, 11) is 0. The molecule has 7 heteroatoms. The second-order valence-corrected chi connectivity index (χ2v) is 3.79. The molecule has 1 aromatic rings. The second-order valence-electron chi connectivity index (χ2n) is 2.97. The average molecular weight is 288 g/mol. The molecule has 0 bridgehead atoms. The van der Waals surface area contributed by atoms with Crippen LogP contribution in [-0.4, -0.2) is 34.6 Å². The number of aliphatic hydroxyl groups excluding tert-OH is 1. The van der Waals surface area contributed by atoms with Crippen LogP contribution in [0.15, 0.2) is 22.8 Å². The van der Waals surface area contributed by atoms with Crippen LogP contribution in [0.4, 0.5) is 0 Å². The summed E-state index contributed by atoms with van der Waals surface area (Å²) < 4.78 is 0.524. The van der Waals surface area contributed by atoms with Crippen LogP contribution in [0.2, 0.25) is 0 Å². The van der Waals surface area contributed by atoms with E-state index in [4.69, 9.17) is 10.8 Å². The first-order valence-electron chi connectivity index (χ1n) is 4.39. The van der Waals surface area contributed by atoms with Gasteiger partial charge in [0.15, 0.2) is 0 Å². The van der Waals surface area contributed by atoms with Crippen molar-refractivity contribution >= 4 is 27.7 Å². The third kappa shape index (κ3) is 3.59. The van der Waals surface area contributed by atoms with Gasteiger partial charge in [-0.3, -0.25) is 9.59 Å². The van der Waals surface area contributed by atoms with Crippen molar-refractivity contribution in [3.63, 3.8) is 0 Å². The van der Waals surface area contributed by atoms with Crippen LogP contribution in [0.3, 0.4) is 0 Å². The van der Waals surface area contributed by atoms with Gasteiger partial charge in [0.1, 0.15) is 16.4 Å². The number of carbonyl (C=O) groups is 2. The standard InChI is InChI=1S/C9H10BrN3O3/c10-7-3-1-2-5(13-7)9(16)12-4-6(14)8(11)15/h1-3,6,14H,4H2,(H2,11,15)(H,12,16). The Labute approximate surface area is 100.0 Å². The minimum Gasteiger partial charge on any atom is -0.381 e. The maximum absolute atomic E-state index is 11.5. The van der Waals surface area contributed by atoms with Crippen molar-refractivity contribution in [2.24, 2.45) is 5.73 Å².